The Morgan fingerprint density at radius 2 is 1.63 bits per heavy atom. The number of rotatable bonds is 17. The van der Waals surface area contributed by atoms with Gasteiger partial charge in [0, 0.05) is 39.1 Å². The lowest BCUT2D eigenvalue weighted by atomic mass is 9.88. The number of hydrogen-bond donors (Lipinski definition) is 4. The van der Waals surface area contributed by atoms with Crippen molar-refractivity contribution in [3.63, 3.8) is 0 Å². The first kappa shape index (κ1) is 36.3. The number of fused-ring (bicyclic) bond motifs is 1. The monoisotopic (exact) mass is 675 g/mol. The van der Waals surface area contributed by atoms with Crippen LogP contribution in [0.3, 0.4) is 0 Å². The molecule has 3 aromatic carbocycles. The minimum atomic E-state index is -1.09. The number of aliphatic hydroxyl groups is 2. The third-order valence-corrected chi connectivity index (χ3v) is 9.17. The Bertz CT molecular complexity index is 1450. The molecule has 1 aliphatic carbocycles. The molecule has 49 heavy (non-hydrogen) atoms. The van der Waals surface area contributed by atoms with E-state index in [-0.39, 0.29) is 25.5 Å². The molecule has 0 spiro atoms. The average molecular weight is 676 g/mol. The Balaban J connectivity index is 1.29. The Kier molecular flexibility index (Phi) is 13.8. The Morgan fingerprint density at radius 3 is 2.39 bits per heavy atom. The number of alkyl carbamates (subject to hydrolysis) is 1. The molecule has 3 unspecified atom stereocenters. The van der Waals surface area contributed by atoms with Crippen molar-refractivity contribution in [2.24, 2.45) is 5.92 Å². The summed E-state index contributed by atoms with van der Waals surface area (Å²) in [6, 6.07) is 23.6. The summed E-state index contributed by atoms with van der Waals surface area (Å²) in [6.45, 7) is 4.98. The second-order valence-corrected chi connectivity index (χ2v) is 12.7. The number of ether oxygens (including phenoxy) is 4. The molecular weight excluding hydrogens is 626 g/mol. The lowest BCUT2D eigenvalue weighted by Crippen LogP contribution is -2.47. The fraction of sp³-hybridized carbons (Fsp3) is 0.474. The number of morpholine rings is 1. The summed E-state index contributed by atoms with van der Waals surface area (Å²) in [5.74, 6) is -0.220. The van der Waals surface area contributed by atoms with E-state index in [2.05, 4.69) is 15.5 Å². The van der Waals surface area contributed by atoms with Crippen LogP contribution in [0.15, 0.2) is 78.9 Å². The van der Waals surface area contributed by atoms with Crippen molar-refractivity contribution < 1.29 is 38.7 Å². The van der Waals surface area contributed by atoms with Crippen LogP contribution in [0.4, 0.5) is 4.79 Å². The van der Waals surface area contributed by atoms with Crippen molar-refractivity contribution in [3.8, 4) is 5.75 Å². The second kappa shape index (κ2) is 18.7. The van der Waals surface area contributed by atoms with E-state index in [1.807, 2.05) is 78.9 Å². The van der Waals surface area contributed by atoms with E-state index >= 15 is 0 Å². The molecule has 11 heteroatoms. The zero-order valence-electron chi connectivity index (χ0n) is 28.2. The quantitative estimate of drug-likeness (QED) is 0.159. The molecular formula is C38H49N3O8. The predicted molar refractivity (Wildman–Crippen MR) is 184 cm³/mol. The summed E-state index contributed by atoms with van der Waals surface area (Å²) in [4.78, 5) is 29.0. The van der Waals surface area contributed by atoms with Gasteiger partial charge in [0.15, 0.2) is 0 Å². The highest BCUT2D eigenvalue weighted by Crippen LogP contribution is 2.32. The van der Waals surface area contributed by atoms with Gasteiger partial charge in [-0.15, -0.1) is 0 Å². The molecule has 2 aliphatic rings. The lowest BCUT2D eigenvalue weighted by Gasteiger charge is -2.28. The fourth-order valence-electron chi connectivity index (χ4n) is 6.44. The van der Waals surface area contributed by atoms with Crippen molar-refractivity contribution in [1.82, 2.24) is 15.5 Å². The van der Waals surface area contributed by atoms with Crippen LogP contribution in [0, 0.1) is 5.92 Å². The number of nitrogens with one attached hydrogen (secondary N) is 2. The van der Waals surface area contributed by atoms with E-state index in [9.17, 15) is 19.8 Å². The lowest BCUT2D eigenvalue weighted by molar-refractivity contribution is -0.127. The molecule has 0 radical (unpaired) electrons. The maximum Gasteiger partial charge on any atom is 0.407 e. The summed E-state index contributed by atoms with van der Waals surface area (Å²) >= 11 is 0. The van der Waals surface area contributed by atoms with Crippen LogP contribution in [0.5, 0.6) is 5.75 Å². The van der Waals surface area contributed by atoms with Gasteiger partial charge in [0.05, 0.1) is 44.1 Å². The minimum absolute atomic E-state index is 0.0595. The summed E-state index contributed by atoms with van der Waals surface area (Å²) in [6.07, 6.45) is -1.34. The number of carbonyl (C=O) groups is 2. The zero-order valence-corrected chi connectivity index (χ0v) is 28.2. The van der Waals surface area contributed by atoms with E-state index in [1.54, 1.807) is 0 Å². The van der Waals surface area contributed by atoms with Crippen LogP contribution in [0.1, 0.15) is 34.7 Å². The van der Waals surface area contributed by atoms with Crippen LogP contribution < -0.4 is 15.4 Å². The average Bonchev–Trinajstić information content (AvgIpc) is 3.43. The first-order chi connectivity index (χ1) is 23.9. The van der Waals surface area contributed by atoms with E-state index in [0.717, 1.165) is 60.9 Å². The van der Waals surface area contributed by atoms with Crippen LogP contribution in [-0.4, -0.2) is 105 Å². The molecule has 11 nitrogen and oxygen atoms in total. The summed E-state index contributed by atoms with van der Waals surface area (Å²) in [7, 11) is 1.52. The third kappa shape index (κ3) is 11.0. The van der Waals surface area contributed by atoms with Gasteiger partial charge >= 0.3 is 6.09 Å². The van der Waals surface area contributed by atoms with E-state index in [0.29, 0.717) is 25.9 Å². The van der Waals surface area contributed by atoms with Crippen LogP contribution >= 0.6 is 0 Å². The number of benzene rings is 3. The molecule has 264 valence electrons. The van der Waals surface area contributed by atoms with E-state index in [1.165, 1.54) is 7.11 Å². The Hall–Kier alpha value is -4.00. The van der Waals surface area contributed by atoms with Gasteiger partial charge in [-0.2, -0.15) is 0 Å². The van der Waals surface area contributed by atoms with Gasteiger partial charge in [-0.25, -0.2) is 4.79 Å². The number of amides is 2. The highest BCUT2D eigenvalue weighted by atomic mass is 16.6. The van der Waals surface area contributed by atoms with Gasteiger partial charge in [0.2, 0.25) is 5.91 Å². The van der Waals surface area contributed by atoms with E-state index < -0.39 is 36.3 Å². The summed E-state index contributed by atoms with van der Waals surface area (Å²) < 4.78 is 21.6. The van der Waals surface area contributed by atoms with Gasteiger partial charge in [0.25, 0.3) is 0 Å². The van der Waals surface area contributed by atoms with Crippen LogP contribution in [-0.2, 0) is 38.3 Å². The SMILES string of the molecule is COCCOC(=O)NC(Cc1ccccc1)C(O)CC(Cc1ccc(OCCN2CCOCC2)cc1)C(=O)N[C@H]1c2ccccc2C[C@@H]1O. The number of aliphatic hydroxyl groups excluding tert-OH is 2. The molecule has 3 aromatic rings. The largest absolute Gasteiger partial charge is 0.492 e. The topological polar surface area (TPSA) is 139 Å². The number of hydrogen-bond acceptors (Lipinski definition) is 9. The third-order valence-electron chi connectivity index (χ3n) is 9.17. The number of nitrogens with zero attached hydrogens (tertiary/aromatic N) is 1. The van der Waals surface area contributed by atoms with Crippen molar-refractivity contribution in [1.29, 1.82) is 0 Å². The molecule has 1 fully saturated rings. The summed E-state index contributed by atoms with van der Waals surface area (Å²) in [5.41, 5.74) is 3.70. The van der Waals surface area contributed by atoms with E-state index in [4.69, 9.17) is 18.9 Å². The molecule has 0 bridgehead atoms. The number of methoxy groups -OCH3 is 1. The number of carbonyl (C=O) groups excluding carboxylic acids is 2. The molecule has 1 saturated heterocycles. The fourth-order valence-corrected chi connectivity index (χ4v) is 6.44. The molecule has 1 aliphatic heterocycles. The smallest absolute Gasteiger partial charge is 0.407 e. The minimum Gasteiger partial charge on any atom is -0.492 e. The standard InChI is InChI=1S/C38H49N3O8/c1-46-21-22-49-38(45)39-33(24-27-7-3-2-4-8-27)34(42)26-30(37(44)40-36-32-10-6-5-9-29(32)25-35(36)43)23-28-11-13-31(14-12-28)48-20-17-41-15-18-47-19-16-41/h2-14,30,33-36,42-43H,15-26H2,1H3,(H,39,45)(H,40,44)/t30?,33?,34?,35-,36-/m0/s1. The van der Waals surface area contributed by atoms with Crippen molar-refractivity contribution in [2.75, 3.05) is 59.8 Å². The van der Waals surface area contributed by atoms with Gasteiger partial charge in [-0.3, -0.25) is 9.69 Å². The molecule has 5 rings (SSSR count). The van der Waals surface area contributed by atoms with Gasteiger partial charge in [-0.1, -0.05) is 66.7 Å². The zero-order chi connectivity index (χ0) is 34.4. The highest BCUT2D eigenvalue weighted by molar-refractivity contribution is 5.80. The maximum atomic E-state index is 14.0. The highest BCUT2D eigenvalue weighted by Gasteiger charge is 2.35. The van der Waals surface area contributed by atoms with Crippen molar-refractivity contribution >= 4 is 12.0 Å². The molecule has 0 saturated carbocycles. The Morgan fingerprint density at radius 1 is 0.918 bits per heavy atom. The first-order valence-electron chi connectivity index (χ1n) is 17.1. The van der Waals surface area contributed by atoms with Crippen molar-refractivity contribution in [2.45, 2.75) is 50.0 Å². The Labute approximate surface area is 288 Å². The van der Waals surface area contributed by atoms with Crippen LogP contribution in [0.25, 0.3) is 0 Å². The van der Waals surface area contributed by atoms with Gasteiger partial charge in [-0.05, 0) is 53.6 Å². The second-order valence-electron chi connectivity index (χ2n) is 12.7. The van der Waals surface area contributed by atoms with Gasteiger partial charge in [0.1, 0.15) is 19.0 Å². The molecule has 1 heterocycles. The van der Waals surface area contributed by atoms with Crippen LogP contribution in [0.2, 0.25) is 0 Å². The molecule has 5 atom stereocenters. The maximum absolute atomic E-state index is 14.0. The normalized spacial score (nSPS) is 19.3. The molecule has 0 aromatic heterocycles. The molecule has 4 N–H and O–H groups in total. The summed E-state index contributed by atoms with van der Waals surface area (Å²) in [5, 5.41) is 28.4. The predicted octanol–water partition coefficient (Wildman–Crippen LogP) is 3.07. The molecule has 2 amide bonds. The van der Waals surface area contributed by atoms with Crippen molar-refractivity contribution in [3.05, 3.63) is 101 Å². The first-order valence-corrected chi connectivity index (χ1v) is 17.1. The van der Waals surface area contributed by atoms with Gasteiger partial charge < -0.3 is 39.8 Å².